The van der Waals surface area contributed by atoms with Crippen LogP contribution in [0, 0.1) is 13.7 Å². The number of benzene rings is 1. The van der Waals surface area contributed by atoms with Gasteiger partial charge in [0, 0.05) is 18.1 Å². The van der Waals surface area contributed by atoms with Gasteiger partial charge in [0.25, 0.3) is 5.69 Å². The Morgan fingerprint density at radius 3 is 2.76 bits per heavy atom. The van der Waals surface area contributed by atoms with Crippen LogP contribution in [-0.2, 0) is 0 Å². The largest absolute Gasteiger partial charge is 0.437 e. The van der Waals surface area contributed by atoms with E-state index < -0.39 is 4.92 Å². The van der Waals surface area contributed by atoms with E-state index in [1.807, 2.05) is 22.6 Å². The van der Waals surface area contributed by atoms with Crippen molar-refractivity contribution in [1.82, 2.24) is 9.97 Å². The van der Waals surface area contributed by atoms with E-state index in [0.717, 1.165) is 16.4 Å². The first kappa shape index (κ1) is 14.5. The van der Waals surface area contributed by atoms with Crippen molar-refractivity contribution in [3.05, 3.63) is 48.9 Å². The van der Waals surface area contributed by atoms with Crippen LogP contribution < -0.4 is 4.74 Å². The predicted octanol–water partition coefficient (Wildman–Crippen LogP) is 4.31. The molecule has 6 nitrogen and oxygen atoms in total. The molecule has 1 saturated carbocycles. The lowest BCUT2D eigenvalue weighted by Crippen LogP contribution is -1.98. The lowest BCUT2D eigenvalue weighted by molar-refractivity contribution is -0.384. The average Bonchev–Trinajstić information content (AvgIpc) is 3.24. The van der Waals surface area contributed by atoms with Gasteiger partial charge in [-0.15, -0.1) is 0 Å². The summed E-state index contributed by atoms with van der Waals surface area (Å²) in [6.07, 6.45) is 2.10. The van der Waals surface area contributed by atoms with Gasteiger partial charge in [0.05, 0.1) is 14.6 Å². The third kappa shape index (κ3) is 3.41. The molecule has 3 rings (SSSR count). The maximum atomic E-state index is 10.8. The molecule has 0 amide bonds. The Labute approximate surface area is 138 Å². The normalized spacial score (nSPS) is 14.0. The second-order valence-corrected chi connectivity index (χ2v) is 6.18. The number of halogens is 2. The smallest absolute Gasteiger partial charge is 0.273 e. The van der Waals surface area contributed by atoms with E-state index in [0.29, 0.717) is 28.5 Å². The van der Waals surface area contributed by atoms with Crippen LogP contribution in [0.3, 0.4) is 0 Å². The van der Waals surface area contributed by atoms with Crippen LogP contribution in [0.15, 0.2) is 24.3 Å². The second kappa shape index (κ2) is 5.72. The van der Waals surface area contributed by atoms with Crippen LogP contribution in [0.5, 0.6) is 11.6 Å². The van der Waals surface area contributed by atoms with Crippen LogP contribution in [0.4, 0.5) is 5.69 Å². The van der Waals surface area contributed by atoms with Crippen LogP contribution in [-0.4, -0.2) is 14.9 Å². The third-order valence-corrected chi connectivity index (χ3v) is 4.06. The highest BCUT2D eigenvalue weighted by atomic mass is 127. The van der Waals surface area contributed by atoms with Crippen molar-refractivity contribution < 1.29 is 9.66 Å². The van der Waals surface area contributed by atoms with E-state index in [2.05, 4.69) is 9.97 Å². The number of rotatable bonds is 4. The topological polar surface area (TPSA) is 78.2 Å². The standard InChI is InChI=1S/C13H9ClIN3O3/c14-11-6-12(17-13(16-11)7-1-2-7)21-10-5-8(18(19)20)3-4-9(10)15/h3-7H,1-2H2. The maximum absolute atomic E-state index is 10.8. The number of non-ortho nitro benzene ring substituents is 1. The molecule has 0 saturated heterocycles. The van der Waals surface area contributed by atoms with Crippen molar-refractivity contribution in [1.29, 1.82) is 0 Å². The number of hydrogen-bond donors (Lipinski definition) is 0. The van der Waals surface area contributed by atoms with E-state index in [1.54, 1.807) is 6.07 Å². The third-order valence-electron chi connectivity index (χ3n) is 2.97. The van der Waals surface area contributed by atoms with E-state index in [4.69, 9.17) is 16.3 Å². The van der Waals surface area contributed by atoms with Crippen molar-refractivity contribution in [2.75, 3.05) is 0 Å². The van der Waals surface area contributed by atoms with Gasteiger partial charge < -0.3 is 4.74 Å². The minimum atomic E-state index is -0.467. The fourth-order valence-corrected chi connectivity index (χ4v) is 2.41. The highest BCUT2D eigenvalue weighted by Gasteiger charge is 2.27. The van der Waals surface area contributed by atoms with Crippen LogP contribution in [0.2, 0.25) is 5.15 Å². The molecular weight excluding hydrogens is 409 g/mol. The summed E-state index contributed by atoms with van der Waals surface area (Å²) >= 11 is 8.01. The first-order valence-corrected chi connectivity index (χ1v) is 7.65. The number of nitro groups is 1. The fraction of sp³-hybridized carbons (Fsp3) is 0.231. The van der Waals surface area contributed by atoms with Crippen molar-refractivity contribution in [2.24, 2.45) is 0 Å². The molecule has 108 valence electrons. The van der Waals surface area contributed by atoms with E-state index >= 15 is 0 Å². The minimum absolute atomic E-state index is 0.0343. The van der Waals surface area contributed by atoms with Crippen molar-refractivity contribution in [3.63, 3.8) is 0 Å². The molecule has 8 heteroatoms. The summed E-state index contributed by atoms with van der Waals surface area (Å²) in [4.78, 5) is 18.8. The van der Waals surface area contributed by atoms with Crippen molar-refractivity contribution in [3.8, 4) is 11.6 Å². The summed E-state index contributed by atoms with van der Waals surface area (Å²) in [7, 11) is 0. The van der Waals surface area contributed by atoms with E-state index in [-0.39, 0.29) is 5.69 Å². The van der Waals surface area contributed by atoms with Crippen molar-refractivity contribution >= 4 is 39.9 Å². The molecule has 0 spiro atoms. The first-order valence-electron chi connectivity index (χ1n) is 6.19. The monoisotopic (exact) mass is 417 g/mol. The summed E-state index contributed by atoms with van der Waals surface area (Å²) in [6, 6.07) is 5.92. The summed E-state index contributed by atoms with van der Waals surface area (Å²) in [6.45, 7) is 0. The lowest BCUT2D eigenvalue weighted by atomic mass is 10.3. The molecule has 21 heavy (non-hydrogen) atoms. The molecule has 0 aliphatic heterocycles. The van der Waals surface area contributed by atoms with Gasteiger partial charge in [0.2, 0.25) is 5.88 Å². The van der Waals surface area contributed by atoms with Gasteiger partial charge in [-0.2, -0.15) is 4.98 Å². The zero-order valence-electron chi connectivity index (χ0n) is 10.6. The molecule has 1 aliphatic rings. The molecule has 1 fully saturated rings. The van der Waals surface area contributed by atoms with Gasteiger partial charge in [0.15, 0.2) is 0 Å². The second-order valence-electron chi connectivity index (χ2n) is 4.64. The Balaban J connectivity index is 1.92. The zero-order chi connectivity index (χ0) is 15.0. The van der Waals surface area contributed by atoms with Crippen molar-refractivity contribution in [2.45, 2.75) is 18.8 Å². The summed E-state index contributed by atoms with van der Waals surface area (Å²) in [5.41, 5.74) is -0.0343. The van der Waals surface area contributed by atoms with Gasteiger partial charge in [-0.05, 0) is 41.5 Å². The van der Waals surface area contributed by atoms with Gasteiger partial charge in [-0.3, -0.25) is 10.1 Å². The zero-order valence-corrected chi connectivity index (χ0v) is 13.5. The Morgan fingerprint density at radius 2 is 2.10 bits per heavy atom. The Morgan fingerprint density at radius 1 is 1.33 bits per heavy atom. The Bertz CT molecular complexity index is 722. The molecule has 1 heterocycles. The quantitative estimate of drug-likeness (QED) is 0.320. The number of nitro benzene ring substituents is 1. The highest BCUT2D eigenvalue weighted by Crippen LogP contribution is 2.39. The number of nitrogens with zero attached hydrogens (tertiary/aromatic N) is 3. The summed E-state index contributed by atoms with van der Waals surface area (Å²) in [5.74, 6) is 1.68. The predicted molar refractivity (Wildman–Crippen MR) is 84.9 cm³/mol. The number of ether oxygens (including phenoxy) is 1. The van der Waals surface area contributed by atoms with Gasteiger partial charge >= 0.3 is 0 Å². The molecular formula is C13H9ClIN3O3. The van der Waals surface area contributed by atoms with E-state index in [9.17, 15) is 10.1 Å². The molecule has 0 radical (unpaired) electrons. The molecule has 0 unspecified atom stereocenters. The first-order chi connectivity index (χ1) is 10.0. The molecule has 1 aromatic carbocycles. The van der Waals surface area contributed by atoms with E-state index in [1.165, 1.54) is 18.2 Å². The summed E-state index contributed by atoms with van der Waals surface area (Å²) < 4.78 is 6.40. The summed E-state index contributed by atoms with van der Waals surface area (Å²) in [5, 5.41) is 11.1. The lowest BCUT2D eigenvalue weighted by Gasteiger charge is -2.08. The van der Waals surface area contributed by atoms with Gasteiger partial charge in [-0.1, -0.05) is 11.6 Å². The molecule has 0 N–H and O–H groups in total. The molecule has 0 bridgehead atoms. The van der Waals surface area contributed by atoms with Crippen LogP contribution >= 0.6 is 34.2 Å². The Hall–Kier alpha value is -1.48. The van der Waals surface area contributed by atoms with Gasteiger partial charge in [-0.25, -0.2) is 4.98 Å². The SMILES string of the molecule is O=[N+]([O-])c1ccc(I)c(Oc2cc(Cl)nc(C3CC3)n2)c1. The number of hydrogen-bond acceptors (Lipinski definition) is 5. The minimum Gasteiger partial charge on any atom is -0.437 e. The average molecular weight is 418 g/mol. The molecule has 0 atom stereocenters. The molecule has 1 aromatic heterocycles. The van der Waals surface area contributed by atoms with Gasteiger partial charge in [0.1, 0.15) is 16.7 Å². The fourth-order valence-electron chi connectivity index (χ4n) is 1.79. The maximum Gasteiger partial charge on any atom is 0.273 e. The highest BCUT2D eigenvalue weighted by molar-refractivity contribution is 14.1. The Kier molecular flexibility index (Phi) is 3.94. The molecule has 1 aliphatic carbocycles. The van der Waals surface area contributed by atoms with Crippen LogP contribution in [0.1, 0.15) is 24.6 Å². The number of aromatic nitrogens is 2. The van der Waals surface area contributed by atoms with Crippen LogP contribution in [0.25, 0.3) is 0 Å². The molecule has 2 aromatic rings.